The van der Waals surface area contributed by atoms with Crippen molar-refractivity contribution in [3.63, 3.8) is 0 Å². The highest BCUT2D eigenvalue weighted by Gasteiger charge is 2.27. The average molecular weight is 613 g/mol. The molecule has 0 N–H and O–H groups in total. The third-order valence-corrected chi connectivity index (χ3v) is 9.21. The van der Waals surface area contributed by atoms with E-state index in [1.165, 1.54) is 24.9 Å². The van der Waals surface area contributed by atoms with E-state index in [2.05, 4.69) is 15.5 Å². The average Bonchev–Trinajstić information content (AvgIpc) is 3.31. The number of nitrogens with zero attached hydrogens (tertiary/aromatic N) is 4. The van der Waals surface area contributed by atoms with Crippen molar-refractivity contribution in [2.75, 3.05) is 39.1 Å². The van der Waals surface area contributed by atoms with Crippen LogP contribution in [-0.2, 0) is 27.4 Å². The van der Waals surface area contributed by atoms with Gasteiger partial charge in [-0.15, -0.1) is 11.8 Å². The molecule has 0 unspecified atom stereocenters. The fraction of sp³-hybridized carbons (Fsp3) is 0.419. The van der Waals surface area contributed by atoms with Crippen LogP contribution in [0, 0.1) is 5.82 Å². The van der Waals surface area contributed by atoms with Crippen LogP contribution in [0.25, 0.3) is 11.0 Å². The molecule has 2 saturated heterocycles. The molecule has 42 heavy (non-hydrogen) atoms. The van der Waals surface area contributed by atoms with Crippen LogP contribution >= 0.6 is 23.4 Å². The second kappa shape index (κ2) is 13.2. The molecule has 2 aromatic carbocycles. The summed E-state index contributed by atoms with van der Waals surface area (Å²) in [6.45, 7) is 4.64. The number of benzene rings is 2. The first-order valence-corrected chi connectivity index (χ1v) is 15.6. The number of allylic oxidation sites excluding steroid dienone is 2. The molecule has 6 rings (SSSR count). The van der Waals surface area contributed by atoms with Crippen molar-refractivity contribution in [1.29, 1.82) is 0 Å². The van der Waals surface area contributed by atoms with Gasteiger partial charge in [0.15, 0.2) is 0 Å². The van der Waals surface area contributed by atoms with Crippen molar-refractivity contribution in [2.24, 2.45) is 0 Å². The highest BCUT2D eigenvalue weighted by molar-refractivity contribution is 7.99. The van der Waals surface area contributed by atoms with E-state index in [4.69, 9.17) is 30.9 Å². The molecule has 0 saturated carbocycles. The van der Waals surface area contributed by atoms with Crippen molar-refractivity contribution in [2.45, 2.75) is 49.5 Å². The lowest BCUT2D eigenvalue weighted by Gasteiger charge is -2.36. The molecule has 1 aromatic heterocycles. The zero-order valence-corrected chi connectivity index (χ0v) is 25.1. The van der Waals surface area contributed by atoms with Gasteiger partial charge in [-0.2, -0.15) is 0 Å². The number of carbonyl (C=O) groups excluding carboxylic acids is 1. The van der Waals surface area contributed by atoms with Crippen molar-refractivity contribution in [3.8, 4) is 0 Å². The molecule has 8 nitrogen and oxygen atoms in total. The Bertz CT molecular complexity index is 1500. The van der Waals surface area contributed by atoms with E-state index in [-0.39, 0.29) is 24.0 Å². The number of methoxy groups -OCH3 is 1. The maximum Gasteiger partial charge on any atom is 0.337 e. The topological polar surface area (TPSA) is 69.1 Å². The molecular formula is C31H34ClFN4O4S. The lowest BCUT2D eigenvalue weighted by atomic mass is 10.1. The Balaban J connectivity index is 1.07. The van der Waals surface area contributed by atoms with Gasteiger partial charge in [-0.05, 0) is 61.7 Å². The molecule has 3 aliphatic heterocycles. The molecule has 0 bridgehead atoms. The maximum absolute atomic E-state index is 14.3. The lowest BCUT2D eigenvalue weighted by Crippen LogP contribution is -2.41. The summed E-state index contributed by atoms with van der Waals surface area (Å²) in [6.07, 6.45) is 9.18. The fourth-order valence-electron chi connectivity index (χ4n) is 5.44. The Morgan fingerprint density at radius 3 is 2.76 bits per heavy atom. The molecule has 0 radical (unpaired) electrons. The highest BCUT2D eigenvalue weighted by atomic mass is 35.5. The summed E-state index contributed by atoms with van der Waals surface area (Å²) in [4.78, 5) is 26.5. The number of hydrogen-bond acceptors (Lipinski definition) is 8. The number of likely N-dealkylation sites (tertiary alicyclic amines) is 1. The molecule has 3 aromatic rings. The quantitative estimate of drug-likeness (QED) is 0.209. The third-order valence-electron chi connectivity index (χ3n) is 7.89. The minimum atomic E-state index is -0.355. The lowest BCUT2D eigenvalue weighted by molar-refractivity contribution is -0.180. The van der Waals surface area contributed by atoms with Crippen LogP contribution in [0.5, 0.6) is 0 Å². The van der Waals surface area contributed by atoms with Gasteiger partial charge in [-0.25, -0.2) is 14.2 Å². The van der Waals surface area contributed by atoms with Gasteiger partial charge in [-0.1, -0.05) is 23.8 Å². The van der Waals surface area contributed by atoms with Gasteiger partial charge in [0, 0.05) is 35.4 Å². The number of hydroxylamine groups is 2. The van der Waals surface area contributed by atoms with Crippen molar-refractivity contribution >= 4 is 40.4 Å². The summed E-state index contributed by atoms with van der Waals surface area (Å²) in [5.74, 6) is 0.906. The number of thioether (sulfide) groups is 1. The summed E-state index contributed by atoms with van der Waals surface area (Å²) in [7, 11) is 1.39. The van der Waals surface area contributed by atoms with Crippen LogP contribution in [0.4, 0.5) is 4.39 Å². The van der Waals surface area contributed by atoms with Gasteiger partial charge in [0.25, 0.3) is 0 Å². The summed E-state index contributed by atoms with van der Waals surface area (Å²) in [5, 5.41) is 2.34. The minimum Gasteiger partial charge on any atom is -0.465 e. The Labute approximate surface area is 254 Å². The number of ether oxygens (including phenoxy) is 2. The SMILES string of the molecule is COC(=O)c1ccc2nc(CN3CCC(ON4CC=CC=C4CSc4ccc(Cl)cc4F)CC3)n(C[C@@H]3CCO3)c2c1. The second-order valence-corrected chi connectivity index (χ2v) is 12.2. The standard InChI is InChI=1S/C31H34ClFN4O4S/c1-39-31(38)21-5-7-27-28(16-21)36(18-25-11-15-40-25)30(34-27)19-35-13-9-24(10-14-35)41-37-12-3-2-4-23(37)20-42-29-8-6-22(32)17-26(29)33/h2-8,16-17,24-25H,9-15,18-20H2,1H3/t25-/m0/s1. The Kier molecular flexibility index (Phi) is 9.16. The van der Waals surface area contributed by atoms with Gasteiger partial charge < -0.3 is 14.0 Å². The zero-order chi connectivity index (χ0) is 29.1. The third kappa shape index (κ3) is 6.68. The Morgan fingerprint density at radius 2 is 2.02 bits per heavy atom. The van der Waals surface area contributed by atoms with E-state index in [0.717, 1.165) is 61.5 Å². The number of piperidine rings is 1. The number of esters is 1. The largest absolute Gasteiger partial charge is 0.465 e. The molecule has 1 atom stereocenters. The number of halogens is 2. The van der Waals surface area contributed by atoms with E-state index in [9.17, 15) is 9.18 Å². The van der Waals surface area contributed by atoms with Crippen LogP contribution in [-0.4, -0.2) is 76.8 Å². The second-order valence-electron chi connectivity index (χ2n) is 10.7. The number of carbonyl (C=O) groups is 1. The molecule has 0 spiro atoms. The first-order valence-electron chi connectivity index (χ1n) is 14.3. The predicted molar refractivity (Wildman–Crippen MR) is 161 cm³/mol. The minimum absolute atomic E-state index is 0.0956. The van der Waals surface area contributed by atoms with Crippen molar-refractivity contribution in [1.82, 2.24) is 19.5 Å². The summed E-state index contributed by atoms with van der Waals surface area (Å²) < 4.78 is 27.2. The number of hydrogen-bond donors (Lipinski definition) is 0. The van der Waals surface area contributed by atoms with Crippen LogP contribution in [0.2, 0.25) is 5.02 Å². The number of fused-ring (bicyclic) bond motifs is 1. The Morgan fingerprint density at radius 1 is 1.19 bits per heavy atom. The number of aromatic nitrogens is 2. The molecule has 4 heterocycles. The first-order chi connectivity index (χ1) is 20.5. The highest BCUT2D eigenvalue weighted by Crippen LogP contribution is 2.29. The van der Waals surface area contributed by atoms with E-state index < -0.39 is 0 Å². The number of rotatable bonds is 10. The normalized spacial score (nSPS) is 19.6. The molecule has 2 fully saturated rings. The van der Waals surface area contributed by atoms with E-state index in [0.29, 0.717) is 40.9 Å². The summed E-state index contributed by atoms with van der Waals surface area (Å²) in [5.41, 5.74) is 3.32. The van der Waals surface area contributed by atoms with Gasteiger partial charge >= 0.3 is 5.97 Å². The monoisotopic (exact) mass is 612 g/mol. The van der Waals surface area contributed by atoms with E-state index in [1.807, 2.05) is 29.3 Å². The van der Waals surface area contributed by atoms with Crippen LogP contribution in [0.1, 0.15) is 35.4 Å². The van der Waals surface area contributed by atoms with Crippen LogP contribution in [0.3, 0.4) is 0 Å². The molecule has 3 aliphatic rings. The Hall–Kier alpha value is -2.89. The van der Waals surface area contributed by atoms with E-state index in [1.54, 1.807) is 18.2 Å². The molecule has 11 heteroatoms. The van der Waals surface area contributed by atoms with Crippen molar-refractivity contribution < 1.29 is 23.5 Å². The molecule has 0 amide bonds. The van der Waals surface area contributed by atoms with Crippen LogP contribution in [0.15, 0.2) is 65.2 Å². The van der Waals surface area contributed by atoms with E-state index >= 15 is 0 Å². The number of imidazole rings is 1. The fourth-order valence-corrected chi connectivity index (χ4v) is 6.50. The molecule has 0 aliphatic carbocycles. The zero-order valence-electron chi connectivity index (χ0n) is 23.5. The maximum atomic E-state index is 14.3. The van der Waals surface area contributed by atoms with Crippen molar-refractivity contribution in [3.05, 3.63) is 82.6 Å². The summed E-state index contributed by atoms with van der Waals surface area (Å²) >= 11 is 7.34. The molecule has 222 valence electrons. The van der Waals surface area contributed by atoms with Gasteiger partial charge in [-0.3, -0.25) is 14.8 Å². The molecular weight excluding hydrogens is 579 g/mol. The van der Waals surface area contributed by atoms with Gasteiger partial charge in [0.1, 0.15) is 11.6 Å². The summed E-state index contributed by atoms with van der Waals surface area (Å²) in [6, 6.07) is 10.3. The van der Waals surface area contributed by atoms with Gasteiger partial charge in [0.2, 0.25) is 0 Å². The predicted octanol–water partition coefficient (Wildman–Crippen LogP) is 5.85. The van der Waals surface area contributed by atoms with Gasteiger partial charge in [0.05, 0.1) is 61.2 Å². The smallest absolute Gasteiger partial charge is 0.337 e. The first kappa shape index (κ1) is 29.2. The van der Waals surface area contributed by atoms with Crippen LogP contribution < -0.4 is 0 Å².